The summed E-state index contributed by atoms with van der Waals surface area (Å²) < 4.78 is 49.9. The number of aliphatic hydroxyl groups excluding tert-OH is 6. The number of aliphatic hydroxyl groups is 6. The molecule has 0 saturated carbocycles. The van der Waals surface area contributed by atoms with Crippen molar-refractivity contribution in [3.8, 4) is 0 Å². The van der Waals surface area contributed by atoms with Crippen molar-refractivity contribution in [3.63, 3.8) is 0 Å². The summed E-state index contributed by atoms with van der Waals surface area (Å²) in [6.45, 7) is 0.0151. The minimum Gasteiger partial charge on any atom is -0.394 e. The van der Waals surface area contributed by atoms with Gasteiger partial charge in [-0.25, -0.2) is 24.1 Å². The minimum atomic E-state index is -5.69. The molecule has 214 valence electrons. The Labute approximate surface area is 212 Å². The molecule has 2 aliphatic heterocycles. The maximum Gasteiger partial charge on any atom is 0.483 e. The summed E-state index contributed by atoms with van der Waals surface area (Å²) in [6.07, 6.45) is -12.9. The van der Waals surface area contributed by atoms with Gasteiger partial charge in [-0.3, -0.25) is 13.6 Å². The van der Waals surface area contributed by atoms with E-state index in [1.54, 1.807) is 0 Å². The van der Waals surface area contributed by atoms with E-state index in [4.69, 9.17) is 19.7 Å². The lowest BCUT2D eigenvalue weighted by Crippen LogP contribution is -2.58. The van der Waals surface area contributed by atoms with Gasteiger partial charge in [0.1, 0.15) is 48.5 Å². The van der Waals surface area contributed by atoms with E-state index in [-0.39, 0.29) is 17.0 Å². The summed E-state index contributed by atoms with van der Waals surface area (Å²) >= 11 is 0. The van der Waals surface area contributed by atoms with Gasteiger partial charge in [0.15, 0.2) is 24.0 Å². The summed E-state index contributed by atoms with van der Waals surface area (Å²) in [4.78, 5) is 31.8. The number of phosphoric acid groups is 2. The Hall–Kier alpha value is -1.71. The normalized spacial score (nSPS) is 39.2. The Balaban J connectivity index is 1.48. The largest absolute Gasteiger partial charge is 0.483 e. The minimum absolute atomic E-state index is 0.00726. The number of ether oxygens (including phenoxy) is 2. The lowest BCUT2D eigenvalue weighted by Gasteiger charge is -2.39. The Kier molecular flexibility index (Phi) is 7.98. The zero-order valence-corrected chi connectivity index (χ0v) is 21.0. The van der Waals surface area contributed by atoms with Crippen molar-refractivity contribution in [1.82, 2.24) is 19.5 Å². The fourth-order valence-electron chi connectivity index (χ4n) is 3.88. The Bertz CT molecular complexity index is 1270. The molecule has 0 aliphatic carbocycles. The van der Waals surface area contributed by atoms with Crippen molar-refractivity contribution in [2.75, 3.05) is 12.3 Å². The Morgan fingerprint density at radius 2 is 1.74 bits per heavy atom. The van der Waals surface area contributed by atoms with Gasteiger partial charge in [0, 0.05) is 0 Å². The third-order valence-corrected chi connectivity index (χ3v) is 8.48. The topological polar surface area (TPSA) is 312 Å². The summed E-state index contributed by atoms with van der Waals surface area (Å²) in [6, 6.07) is 0. The summed E-state index contributed by atoms with van der Waals surface area (Å²) in [5.74, 6) is -2.54. The van der Waals surface area contributed by atoms with Crippen LogP contribution in [-0.2, 0) is 32.0 Å². The molecular formula is C16H25N5O15P2. The van der Waals surface area contributed by atoms with Crippen LogP contribution in [0.15, 0.2) is 12.7 Å². The molecule has 2 saturated heterocycles. The second-order valence-corrected chi connectivity index (χ2v) is 11.4. The van der Waals surface area contributed by atoms with Crippen molar-refractivity contribution >= 4 is 32.6 Å². The van der Waals surface area contributed by atoms with Gasteiger partial charge in [-0.2, -0.15) is 4.31 Å². The van der Waals surface area contributed by atoms with Crippen LogP contribution >= 0.6 is 15.6 Å². The molecule has 38 heavy (non-hydrogen) atoms. The number of nitrogens with two attached hydrogens (primary N) is 1. The second-order valence-electron chi connectivity index (χ2n) is 8.46. The van der Waals surface area contributed by atoms with Crippen LogP contribution in [0.1, 0.15) is 13.2 Å². The molecule has 11 atom stereocenters. The van der Waals surface area contributed by atoms with Crippen molar-refractivity contribution in [2.24, 2.45) is 0 Å². The second kappa shape index (κ2) is 10.4. The number of aromatic nitrogens is 4. The average Bonchev–Trinajstić information content (AvgIpc) is 3.34. The quantitative estimate of drug-likeness (QED) is 0.134. The molecule has 20 nitrogen and oxygen atoms in total. The van der Waals surface area contributed by atoms with E-state index in [1.165, 1.54) is 0 Å². The van der Waals surface area contributed by atoms with Crippen molar-refractivity contribution in [1.29, 1.82) is 0 Å². The Morgan fingerprint density at radius 3 is 2.39 bits per heavy atom. The molecule has 5 unspecified atom stereocenters. The van der Waals surface area contributed by atoms with Gasteiger partial charge in [0.2, 0.25) is 5.79 Å². The predicted molar refractivity (Wildman–Crippen MR) is 117 cm³/mol. The number of nitrogen functional groups attached to an aromatic ring is 1. The third-order valence-electron chi connectivity index (χ3n) is 5.76. The number of phosphoric ester groups is 2. The van der Waals surface area contributed by atoms with Gasteiger partial charge in [-0.15, -0.1) is 0 Å². The smallest absolute Gasteiger partial charge is 0.394 e. The molecule has 2 aromatic heterocycles. The van der Waals surface area contributed by atoms with Gasteiger partial charge in [0.25, 0.3) is 0 Å². The van der Waals surface area contributed by atoms with Crippen LogP contribution in [0.25, 0.3) is 11.2 Å². The summed E-state index contributed by atoms with van der Waals surface area (Å²) in [7, 11) is -11.4. The first-order valence-electron chi connectivity index (χ1n) is 10.6. The van der Waals surface area contributed by atoms with Crippen LogP contribution in [0, 0.1) is 0 Å². The maximum atomic E-state index is 12.6. The molecule has 2 aromatic rings. The van der Waals surface area contributed by atoms with E-state index in [1.807, 2.05) is 0 Å². The molecule has 4 rings (SSSR count). The van der Waals surface area contributed by atoms with Crippen LogP contribution in [0.2, 0.25) is 0 Å². The number of nitrogens with zero attached hydrogens (tertiary/aromatic N) is 4. The monoisotopic (exact) mass is 589 g/mol. The van der Waals surface area contributed by atoms with Crippen molar-refractivity contribution in [3.05, 3.63) is 12.7 Å². The van der Waals surface area contributed by atoms with Gasteiger partial charge >= 0.3 is 15.6 Å². The van der Waals surface area contributed by atoms with Crippen LogP contribution < -0.4 is 5.73 Å². The highest BCUT2D eigenvalue weighted by atomic mass is 31.3. The molecule has 0 spiro atoms. The molecule has 2 fully saturated rings. The van der Waals surface area contributed by atoms with Crippen LogP contribution in [-0.4, -0.2) is 115 Å². The molecule has 2 aliphatic rings. The lowest BCUT2D eigenvalue weighted by molar-refractivity contribution is -0.280. The van der Waals surface area contributed by atoms with Crippen molar-refractivity contribution in [2.45, 2.75) is 61.9 Å². The third kappa shape index (κ3) is 5.48. The van der Waals surface area contributed by atoms with Crippen LogP contribution in [0.4, 0.5) is 5.82 Å². The molecule has 22 heteroatoms. The first-order chi connectivity index (χ1) is 17.6. The SMILES string of the molecule is C[C@@]1(OP(=O)(O)OP(=O)(O)O[C@H]2OC(CO)[C@@H](O)[C@@H](O)C2O)O[C@@H](n2cnc3c(N)ncnc32)C(O)[C@H]1O. The maximum absolute atomic E-state index is 12.6. The van der Waals surface area contributed by atoms with Gasteiger partial charge < -0.3 is 55.6 Å². The number of fused-ring (bicyclic) bond motifs is 1. The van der Waals surface area contributed by atoms with Gasteiger partial charge in [-0.05, 0) is 6.92 Å². The van der Waals surface area contributed by atoms with Crippen LogP contribution in [0.3, 0.4) is 0 Å². The molecule has 0 radical (unpaired) electrons. The predicted octanol–water partition coefficient (Wildman–Crippen LogP) is -3.57. The molecule has 0 aromatic carbocycles. The fourth-order valence-corrected chi connectivity index (χ4v) is 6.26. The van der Waals surface area contributed by atoms with E-state index in [9.17, 15) is 49.6 Å². The first kappa shape index (κ1) is 29.3. The zero-order chi connectivity index (χ0) is 28.2. The number of hydrogen-bond donors (Lipinski definition) is 9. The number of imidazole rings is 1. The van der Waals surface area contributed by atoms with E-state index in [0.29, 0.717) is 0 Å². The zero-order valence-electron chi connectivity index (χ0n) is 19.2. The van der Waals surface area contributed by atoms with E-state index in [2.05, 4.69) is 23.8 Å². The number of rotatable bonds is 8. The fraction of sp³-hybridized carbons (Fsp3) is 0.688. The summed E-state index contributed by atoms with van der Waals surface area (Å²) in [5, 5.41) is 59.7. The van der Waals surface area contributed by atoms with E-state index >= 15 is 0 Å². The number of hydrogen-bond acceptors (Lipinski definition) is 17. The highest BCUT2D eigenvalue weighted by Gasteiger charge is 2.58. The van der Waals surface area contributed by atoms with Gasteiger partial charge in [-0.1, -0.05) is 0 Å². The van der Waals surface area contributed by atoms with Crippen LogP contribution in [0.5, 0.6) is 0 Å². The van der Waals surface area contributed by atoms with E-state index in [0.717, 1.165) is 24.1 Å². The average molecular weight is 589 g/mol. The lowest BCUT2D eigenvalue weighted by atomic mass is 10.00. The highest BCUT2D eigenvalue weighted by Crippen LogP contribution is 2.64. The van der Waals surface area contributed by atoms with E-state index < -0.39 is 77.2 Å². The molecule has 10 N–H and O–H groups in total. The first-order valence-corrected chi connectivity index (χ1v) is 13.6. The molecule has 0 amide bonds. The molecule has 4 heterocycles. The molecular weight excluding hydrogens is 564 g/mol. The number of anilines is 1. The Morgan fingerprint density at radius 1 is 1.05 bits per heavy atom. The molecule has 0 bridgehead atoms. The van der Waals surface area contributed by atoms with Gasteiger partial charge in [0.05, 0.1) is 12.9 Å². The van der Waals surface area contributed by atoms with Crippen molar-refractivity contribution < 1.29 is 72.4 Å². The summed E-state index contributed by atoms with van der Waals surface area (Å²) in [5.41, 5.74) is 5.90. The standard InChI is InChI=1S/C16H25N5O15P2/c1-16(11(27)10(26)14(33-16)21-4-20-6-12(17)18-3-19-13(6)21)35-38(30,31)36-37(28,29)34-15-9(25)8(24)7(23)5(2-22)32-15/h3-5,7-11,14-15,22-27H,2H2,1H3,(H,28,29)(H,30,31)(H2,17,18,19)/t5?,7-,8-,9?,10?,11-,14-,15-,16+/m1/s1. The highest BCUT2D eigenvalue weighted by molar-refractivity contribution is 7.61.